The number of rotatable bonds is 5. The Kier molecular flexibility index (Phi) is 5.37. The Labute approximate surface area is 125 Å². The highest BCUT2D eigenvalue weighted by Gasteiger charge is 2.26. The van der Waals surface area contributed by atoms with E-state index in [0.717, 1.165) is 36.8 Å². The van der Waals surface area contributed by atoms with Crippen LogP contribution < -0.4 is 5.32 Å². The molecule has 1 saturated carbocycles. The van der Waals surface area contributed by atoms with Gasteiger partial charge in [-0.1, -0.05) is 49.1 Å². The number of aryl methyl sites for hydroxylation is 1. The largest absolute Gasteiger partial charge is 0.480 e. The lowest BCUT2D eigenvalue weighted by atomic mass is 9.88. The lowest BCUT2D eigenvalue weighted by Gasteiger charge is -2.23. The van der Waals surface area contributed by atoms with Gasteiger partial charge >= 0.3 is 5.97 Å². The zero-order valence-corrected chi connectivity index (χ0v) is 12.5. The second-order valence-corrected chi connectivity index (χ2v) is 5.92. The highest BCUT2D eigenvalue weighted by atomic mass is 16.4. The molecule has 0 unspecified atom stereocenters. The predicted molar refractivity (Wildman–Crippen MR) is 81.0 cm³/mol. The molecule has 1 fully saturated rings. The van der Waals surface area contributed by atoms with Crippen molar-refractivity contribution < 1.29 is 14.7 Å². The van der Waals surface area contributed by atoms with E-state index in [-0.39, 0.29) is 11.8 Å². The van der Waals surface area contributed by atoms with Crippen LogP contribution in [0.5, 0.6) is 0 Å². The monoisotopic (exact) mass is 289 g/mol. The van der Waals surface area contributed by atoms with Crippen LogP contribution in [0.15, 0.2) is 24.3 Å². The van der Waals surface area contributed by atoms with Crippen molar-refractivity contribution >= 4 is 11.9 Å². The molecule has 0 aliphatic heterocycles. The van der Waals surface area contributed by atoms with E-state index in [2.05, 4.69) is 5.32 Å². The van der Waals surface area contributed by atoms with Crippen molar-refractivity contribution in [2.75, 3.05) is 0 Å². The summed E-state index contributed by atoms with van der Waals surface area (Å²) in [4.78, 5) is 23.6. The number of nitrogens with one attached hydrogen (secondary N) is 1. The number of hydrogen-bond acceptors (Lipinski definition) is 2. The van der Waals surface area contributed by atoms with E-state index in [1.165, 1.54) is 6.42 Å². The molecular formula is C17H23NO3. The second-order valence-electron chi connectivity index (χ2n) is 5.92. The lowest BCUT2D eigenvalue weighted by Crippen LogP contribution is -2.45. The number of aliphatic carboxylic acids is 1. The normalized spacial score (nSPS) is 17.2. The Morgan fingerprint density at radius 2 is 1.81 bits per heavy atom. The molecule has 0 bridgehead atoms. The van der Waals surface area contributed by atoms with Crippen molar-refractivity contribution in [2.24, 2.45) is 5.92 Å². The van der Waals surface area contributed by atoms with E-state index in [1.807, 2.05) is 31.2 Å². The lowest BCUT2D eigenvalue weighted by molar-refractivity contribution is -0.142. The maximum Gasteiger partial charge on any atom is 0.326 e. The zero-order valence-electron chi connectivity index (χ0n) is 12.5. The molecular weight excluding hydrogens is 266 g/mol. The van der Waals surface area contributed by atoms with Gasteiger partial charge in [-0.3, -0.25) is 4.79 Å². The van der Waals surface area contributed by atoms with Crippen molar-refractivity contribution in [2.45, 2.75) is 51.5 Å². The molecule has 4 nitrogen and oxygen atoms in total. The first-order chi connectivity index (χ1) is 10.1. The summed E-state index contributed by atoms with van der Waals surface area (Å²) in [6, 6.07) is 6.90. The van der Waals surface area contributed by atoms with Gasteiger partial charge in [0, 0.05) is 12.3 Å². The Hall–Kier alpha value is -1.84. The molecule has 0 radical (unpaired) electrons. The molecule has 1 aromatic rings. The molecule has 0 saturated heterocycles. The molecule has 0 heterocycles. The summed E-state index contributed by atoms with van der Waals surface area (Å²) in [6.07, 6.45) is 5.39. The van der Waals surface area contributed by atoms with Gasteiger partial charge in [0.1, 0.15) is 6.04 Å². The van der Waals surface area contributed by atoms with Crippen LogP contribution in [0.4, 0.5) is 0 Å². The fourth-order valence-electron chi connectivity index (χ4n) is 2.81. The van der Waals surface area contributed by atoms with Gasteiger partial charge < -0.3 is 10.4 Å². The van der Waals surface area contributed by atoms with Crippen LogP contribution in [0, 0.1) is 12.8 Å². The van der Waals surface area contributed by atoms with Gasteiger partial charge in [0.15, 0.2) is 0 Å². The van der Waals surface area contributed by atoms with Gasteiger partial charge in [-0.2, -0.15) is 0 Å². The topological polar surface area (TPSA) is 66.4 Å². The minimum atomic E-state index is -0.972. The van der Waals surface area contributed by atoms with Crippen LogP contribution in [-0.4, -0.2) is 23.0 Å². The van der Waals surface area contributed by atoms with Crippen LogP contribution in [0.3, 0.4) is 0 Å². The number of carboxylic acids is 1. The first-order valence-electron chi connectivity index (χ1n) is 7.65. The second kappa shape index (κ2) is 7.25. The van der Waals surface area contributed by atoms with Gasteiger partial charge in [0.2, 0.25) is 5.91 Å². The van der Waals surface area contributed by atoms with E-state index >= 15 is 0 Å². The number of amides is 1. The third kappa shape index (κ3) is 4.59. The average Bonchev–Trinajstić information content (AvgIpc) is 2.49. The summed E-state index contributed by atoms with van der Waals surface area (Å²) >= 11 is 0. The Bertz CT molecular complexity index is 489. The summed E-state index contributed by atoms with van der Waals surface area (Å²) in [5.41, 5.74) is 2.06. The molecule has 2 N–H and O–H groups in total. The van der Waals surface area contributed by atoms with Gasteiger partial charge in [-0.05, 0) is 25.3 Å². The van der Waals surface area contributed by atoms with Crippen molar-refractivity contribution in [1.82, 2.24) is 5.32 Å². The molecule has 1 atom stereocenters. The van der Waals surface area contributed by atoms with E-state index in [0.29, 0.717) is 6.42 Å². The predicted octanol–water partition coefficient (Wildman–Crippen LogP) is 2.69. The quantitative estimate of drug-likeness (QED) is 0.876. The smallest absolute Gasteiger partial charge is 0.326 e. The minimum Gasteiger partial charge on any atom is -0.480 e. The molecule has 114 valence electrons. The van der Waals surface area contributed by atoms with Gasteiger partial charge in [-0.15, -0.1) is 0 Å². The summed E-state index contributed by atoms with van der Waals surface area (Å²) in [5, 5.41) is 12.0. The summed E-state index contributed by atoms with van der Waals surface area (Å²) in [6.45, 7) is 1.99. The Balaban J connectivity index is 1.96. The fourth-order valence-corrected chi connectivity index (χ4v) is 2.81. The van der Waals surface area contributed by atoms with Crippen LogP contribution in [0.2, 0.25) is 0 Å². The van der Waals surface area contributed by atoms with Gasteiger partial charge in [0.25, 0.3) is 0 Å². The first kappa shape index (κ1) is 15.5. The SMILES string of the molecule is Cc1ccc(C[C@H](NC(=O)C2CCCCC2)C(=O)O)cc1. The van der Waals surface area contributed by atoms with Crippen LogP contribution in [0.25, 0.3) is 0 Å². The van der Waals surface area contributed by atoms with Crippen LogP contribution in [-0.2, 0) is 16.0 Å². The van der Waals surface area contributed by atoms with Crippen molar-refractivity contribution in [3.63, 3.8) is 0 Å². The van der Waals surface area contributed by atoms with Crippen LogP contribution in [0.1, 0.15) is 43.2 Å². The molecule has 1 aliphatic rings. The van der Waals surface area contributed by atoms with E-state index in [1.54, 1.807) is 0 Å². The molecule has 4 heteroatoms. The Morgan fingerprint density at radius 3 is 2.38 bits per heavy atom. The number of carbonyl (C=O) groups excluding carboxylic acids is 1. The molecule has 1 amide bonds. The van der Waals surface area contributed by atoms with Gasteiger partial charge in [-0.25, -0.2) is 4.79 Å². The summed E-state index contributed by atoms with van der Waals surface area (Å²) in [5.74, 6) is -1.09. The van der Waals surface area contributed by atoms with E-state index in [9.17, 15) is 14.7 Å². The molecule has 0 spiro atoms. The van der Waals surface area contributed by atoms with Crippen molar-refractivity contribution in [3.05, 3.63) is 35.4 Å². The van der Waals surface area contributed by atoms with E-state index in [4.69, 9.17) is 0 Å². The number of carboxylic acid groups (broad SMARTS) is 1. The molecule has 21 heavy (non-hydrogen) atoms. The van der Waals surface area contributed by atoms with Gasteiger partial charge in [0.05, 0.1) is 0 Å². The zero-order chi connectivity index (χ0) is 15.2. The number of carbonyl (C=O) groups is 2. The maximum absolute atomic E-state index is 12.2. The summed E-state index contributed by atoms with van der Waals surface area (Å²) < 4.78 is 0. The summed E-state index contributed by atoms with van der Waals surface area (Å²) in [7, 11) is 0. The number of hydrogen-bond donors (Lipinski definition) is 2. The molecule has 1 aliphatic carbocycles. The minimum absolute atomic E-state index is 0.0152. The number of benzene rings is 1. The maximum atomic E-state index is 12.2. The van der Waals surface area contributed by atoms with Crippen LogP contribution >= 0.6 is 0 Å². The third-order valence-corrected chi connectivity index (χ3v) is 4.15. The highest BCUT2D eigenvalue weighted by molar-refractivity contribution is 5.85. The first-order valence-corrected chi connectivity index (χ1v) is 7.65. The Morgan fingerprint density at radius 1 is 1.19 bits per heavy atom. The molecule has 0 aromatic heterocycles. The van der Waals surface area contributed by atoms with E-state index < -0.39 is 12.0 Å². The fraction of sp³-hybridized carbons (Fsp3) is 0.529. The molecule has 2 rings (SSSR count). The van der Waals surface area contributed by atoms with Crippen molar-refractivity contribution in [1.29, 1.82) is 0 Å². The average molecular weight is 289 g/mol. The molecule has 1 aromatic carbocycles. The standard InChI is InChI=1S/C17H23NO3/c1-12-7-9-13(10-8-12)11-15(17(20)21)18-16(19)14-5-3-2-4-6-14/h7-10,14-15H,2-6,11H2,1H3,(H,18,19)(H,20,21)/t15-/m0/s1. The third-order valence-electron chi connectivity index (χ3n) is 4.15. The van der Waals surface area contributed by atoms with Crippen molar-refractivity contribution in [3.8, 4) is 0 Å². The highest BCUT2D eigenvalue weighted by Crippen LogP contribution is 2.23.